The van der Waals surface area contributed by atoms with Gasteiger partial charge in [0.1, 0.15) is 5.01 Å². The Morgan fingerprint density at radius 2 is 2.54 bits per heavy atom. The van der Waals surface area contributed by atoms with Crippen LogP contribution in [-0.4, -0.2) is 25.2 Å². The van der Waals surface area contributed by atoms with Crippen molar-refractivity contribution < 1.29 is 4.74 Å². The van der Waals surface area contributed by atoms with Crippen molar-refractivity contribution >= 4 is 11.3 Å². The Labute approximate surface area is 83.1 Å². The van der Waals surface area contributed by atoms with Gasteiger partial charge in [0.05, 0.1) is 0 Å². The first-order valence-corrected chi connectivity index (χ1v) is 5.29. The Bertz CT molecular complexity index is 213. The lowest BCUT2D eigenvalue weighted by Crippen LogP contribution is -2.23. The van der Waals surface area contributed by atoms with Gasteiger partial charge < -0.3 is 10.1 Å². The summed E-state index contributed by atoms with van der Waals surface area (Å²) < 4.78 is 5.04. The van der Waals surface area contributed by atoms with E-state index in [2.05, 4.69) is 17.2 Å². The lowest BCUT2D eigenvalue weighted by Gasteiger charge is -2.09. The van der Waals surface area contributed by atoms with Crippen LogP contribution in [0.15, 0.2) is 11.6 Å². The largest absolute Gasteiger partial charge is 0.384 e. The number of hydrogen-bond acceptors (Lipinski definition) is 4. The van der Waals surface area contributed by atoms with Crippen molar-refractivity contribution in [3.63, 3.8) is 0 Å². The number of aromatic nitrogens is 1. The van der Waals surface area contributed by atoms with Crippen LogP contribution in [0.3, 0.4) is 0 Å². The normalized spacial score (nSPS) is 13.1. The average Bonchev–Trinajstić information content (AvgIpc) is 2.57. The van der Waals surface area contributed by atoms with Gasteiger partial charge in [-0.3, -0.25) is 0 Å². The first-order valence-electron chi connectivity index (χ1n) is 4.41. The number of hydrogen-bond donors (Lipinski definition) is 1. The highest BCUT2D eigenvalue weighted by Crippen LogP contribution is 2.03. The second-order valence-electron chi connectivity index (χ2n) is 3.12. The van der Waals surface area contributed by atoms with E-state index in [1.807, 2.05) is 11.6 Å². The molecule has 3 nitrogen and oxygen atoms in total. The van der Waals surface area contributed by atoms with E-state index in [0.29, 0.717) is 5.92 Å². The Morgan fingerprint density at radius 1 is 1.69 bits per heavy atom. The van der Waals surface area contributed by atoms with Crippen LogP contribution < -0.4 is 5.32 Å². The van der Waals surface area contributed by atoms with Crippen molar-refractivity contribution in [1.82, 2.24) is 10.3 Å². The van der Waals surface area contributed by atoms with Crippen molar-refractivity contribution in [2.45, 2.75) is 13.5 Å². The first-order chi connectivity index (χ1) is 6.33. The Kier molecular flexibility index (Phi) is 4.97. The van der Waals surface area contributed by atoms with Crippen molar-refractivity contribution in [3.8, 4) is 0 Å². The highest BCUT2D eigenvalue weighted by molar-refractivity contribution is 7.09. The molecule has 0 aliphatic heterocycles. The number of nitrogens with one attached hydrogen (secondary N) is 1. The zero-order valence-electron chi connectivity index (χ0n) is 8.12. The van der Waals surface area contributed by atoms with Gasteiger partial charge in [0, 0.05) is 38.4 Å². The molecule has 1 atom stereocenters. The summed E-state index contributed by atoms with van der Waals surface area (Å²) in [4.78, 5) is 4.18. The van der Waals surface area contributed by atoms with Crippen LogP contribution >= 0.6 is 11.3 Å². The maximum Gasteiger partial charge on any atom is 0.106 e. The Hall–Kier alpha value is -0.450. The quantitative estimate of drug-likeness (QED) is 0.756. The van der Waals surface area contributed by atoms with Gasteiger partial charge in [-0.25, -0.2) is 4.98 Å². The van der Waals surface area contributed by atoms with Crippen molar-refractivity contribution in [2.24, 2.45) is 5.92 Å². The molecule has 4 heteroatoms. The molecular formula is C9H16N2OS. The molecule has 0 radical (unpaired) electrons. The number of nitrogens with zero attached hydrogens (tertiary/aromatic N) is 1. The van der Waals surface area contributed by atoms with Gasteiger partial charge in [0.25, 0.3) is 0 Å². The predicted octanol–water partition coefficient (Wildman–Crippen LogP) is 1.52. The zero-order valence-corrected chi connectivity index (χ0v) is 8.93. The third-order valence-electron chi connectivity index (χ3n) is 1.70. The second kappa shape index (κ2) is 6.07. The van der Waals surface area contributed by atoms with Gasteiger partial charge in [-0.2, -0.15) is 0 Å². The summed E-state index contributed by atoms with van der Waals surface area (Å²) >= 11 is 1.68. The van der Waals surface area contributed by atoms with Crippen LogP contribution in [0.2, 0.25) is 0 Å². The number of thiazole rings is 1. The smallest absolute Gasteiger partial charge is 0.106 e. The van der Waals surface area contributed by atoms with Gasteiger partial charge in [0.15, 0.2) is 0 Å². The second-order valence-corrected chi connectivity index (χ2v) is 4.10. The van der Waals surface area contributed by atoms with E-state index < -0.39 is 0 Å². The fourth-order valence-electron chi connectivity index (χ4n) is 1.11. The number of ether oxygens (including phenoxy) is 1. The summed E-state index contributed by atoms with van der Waals surface area (Å²) in [6, 6.07) is 0. The van der Waals surface area contributed by atoms with Crippen molar-refractivity contribution in [1.29, 1.82) is 0 Å². The summed E-state index contributed by atoms with van der Waals surface area (Å²) in [6.07, 6.45) is 1.83. The summed E-state index contributed by atoms with van der Waals surface area (Å²) in [5, 5.41) is 6.48. The minimum absolute atomic E-state index is 0.560. The molecule has 0 spiro atoms. The van der Waals surface area contributed by atoms with E-state index in [0.717, 1.165) is 24.7 Å². The first kappa shape index (κ1) is 10.6. The minimum atomic E-state index is 0.560. The molecule has 0 aliphatic rings. The van der Waals surface area contributed by atoms with Crippen molar-refractivity contribution in [2.75, 3.05) is 20.3 Å². The Morgan fingerprint density at radius 3 is 3.15 bits per heavy atom. The molecule has 0 fully saturated rings. The predicted molar refractivity (Wildman–Crippen MR) is 54.9 cm³/mol. The third-order valence-corrected chi connectivity index (χ3v) is 2.48. The molecule has 13 heavy (non-hydrogen) atoms. The number of methoxy groups -OCH3 is 1. The molecule has 0 aliphatic carbocycles. The molecule has 0 amide bonds. The van der Waals surface area contributed by atoms with Gasteiger partial charge in [0.2, 0.25) is 0 Å². The highest BCUT2D eigenvalue weighted by Gasteiger charge is 2.00. The fourth-order valence-corrected chi connectivity index (χ4v) is 1.70. The van der Waals surface area contributed by atoms with E-state index >= 15 is 0 Å². The third kappa shape index (κ3) is 4.36. The molecule has 1 unspecified atom stereocenters. The summed E-state index contributed by atoms with van der Waals surface area (Å²) in [5.74, 6) is 0.560. The van der Waals surface area contributed by atoms with E-state index in [4.69, 9.17) is 4.74 Å². The monoisotopic (exact) mass is 200 g/mol. The van der Waals surface area contributed by atoms with Gasteiger partial charge in [-0.05, 0) is 5.92 Å². The zero-order chi connectivity index (χ0) is 9.52. The average molecular weight is 200 g/mol. The maximum atomic E-state index is 5.04. The molecular weight excluding hydrogens is 184 g/mol. The lowest BCUT2D eigenvalue weighted by molar-refractivity contribution is 0.158. The molecule has 1 rings (SSSR count). The van der Waals surface area contributed by atoms with E-state index in [9.17, 15) is 0 Å². The molecule has 0 saturated heterocycles. The van der Waals surface area contributed by atoms with Gasteiger partial charge >= 0.3 is 0 Å². The molecule has 0 bridgehead atoms. The van der Waals surface area contributed by atoms with Gasteiger partial charge in [-0.1, -0.05) is 6.92 Å². The molecule has 1 N–H and O–H groups in total. The lowest BCUT2D eigenvalue weighted by atomic mass is 10.2. The van der Waals surface area contributed by atoms with E-state index in [1.165, 1.54) is 0 Å². The Balaban J connectivity index is 2.07. The molecule has 1 aromatic rings. The van der Waals surface area contributed by atoms with E-state index in [1.54, 1.807) is 18.4 Å². The topological polar surface area (TPSA) is 34.1 Å². The minimum Gasteiger partial charge on any atom is -0.384 e. The van der Waals surface area contributed by atoms with Crippen LogP contribution in [0.5, 0.6) is 0 Å². The SMILES string of the molecule is COCC(C)CNCc1nccs1. The van der Waals surface area contributed by atoms with Crippen LogP contribution in [0.25, 0.3) is 0 Å². The summed E-state index contributed by atoms with van der Waals surface area (Å²) in [7, 11) is 1.73. The molecule has 1 heterocycles. The number of rotatable bonds is 6. The van der Waals surface area contributed by atoms with Crippen LogP contribution in [-0.2, 0) is 11.3 Å². The maximum absolute atomic E-state index is 5.04. The fraction of sp³-hybridized carbons (Fsp3) is 0.667. The summed E-state index contributed by atoms with van der Waals surface area (Å²) in [6.45, 7) is 4.82. The molecule has 0 aromatic carbocycles. The van der Waals surface area contributed by atoms with Crippen molar-refractivity contribution in [3.05, 3.63) is 16.6 Å². The standard InChI is InChI=1S/C9H16N2OS/c1-8(7-12-2)5-10-6-9-11-3-4-13-9/h3-4,8,10H,5-7H2,1-2H3. The molecule has 74 valence electrons. The highest BCUT2D eigenvalue weighted by atomic mass is 32.1. The van der Waals surface area contributed by atoms with E-state index in [-0.39, 0.29) is 0 Å². The molecule has 0 saturated carbocycles. The van der Waals surface area contributed by atoms with Crippen LogP contribution in [0, 0.1) is 5.92 Å². The van der Waals surface area contributed by atoms with Gasteiger partial charge in [-0.15, -0.1) is 11.3 Å². The molecule has 1 aromatic heterocycles. The van der Waals surface area contributed by atoms with Crippen LogP contribution in [0.4, 0.5) is 0 Å². The van der Waals surface area contributed by atoms with Crippen LogP contribution in [0.1, 0.15) is 11.9 Å². The summed E-state index contributed by atoms with van der Waals surface area (Å²) in [5.41, 5.74) is 0.